The zero-order chi connectivity index (χ0) is 21.3. The molecule has 3 rings (SSSR count). The number of non-ortho nitro benzene ring substituents is 1. The number of benzene rings is 2. The summed E-state index contributed by atoms with van der Waals surface area (Å²) in [6, 6.07) is 11.2. The van der Waals surface area contributed by atoms with Gasteiger partial charge >= 0.3 is 6.03 Å². The van der Waals surface area contributed by atoms with Crippen LogP contribution in [0.4, 0.5) is 16.2 Å². The molecule has 1 aliphatic heterocycles. The maximum absolute atomic E-state index is 12.9. The predicted octanol–water partition coefficient (Wildman–Crippen LogP) is 1.77. The monoisotopic (exact) mass is 397 g/mol. The second-order valence-electron chi connectivity index (χ2n) is 6.89. The van der Waals surface area contributed by atoms with Gasteiger partial charge in [-0.2, -0.15) is 5.01 Å². The molecule has 1 fully saturated rings. The maximum Gasteiger partial charge on any atom is 0.344 e. The predicted molar refractivity (Wildman–Crippen MR) is 104 cm³/mol. The van der Waals surface area contributed by atoms with Crippen LogP contribution in [0.1, 0.15) is 22.8 Å². The fourth-order valence-corrected chi connectivity index (χ4v) is 2.94. The highest BCUT2D eigenvalue weighted by molar-refractivity contribution is 6.09. The van der Waals surface area contributed by atoms with E-state index in [1.54, 1.807) is 18.2 Å². The van der Waals surface area contributed by atoms with Gasteiger partial charge in [-0.05, 0) is 42.8 Å². The molecule has 0 bridgehead atoms. The molecule has 0 spiro atoms. The lowest BCUT2D eigenvalue weighted by molar-refractivity contribution is -0.384. The van der Waals surface area contributed by atoms with Crippen LogP contribution in [0.5, 0.6) is 0 Å². The molecule has 1 atom stereocenters. The van der Waals surface area contributed by atoms with E-state index in [4.69, 9.17) is 0 Å². The van der Waals surface area contributed by atoms with Crippen molar-refractivity contribution in [2.75, 3.05) is 19.0 Å². The molecule has 2 aromatic carbocycles. The Kier molecular flexibility index (Phi) is 4.93. The van der Waals surface area contributed by atoms with Crippen molar-refractivity contribution in [3.8, 4) is 0 Å². The number of anilines is 1. The Morgan fingerprint density at radius 3 is 2.41 bits per heavy atom. The van der Waals surface area contributed by atoms with Gasteiger partial charge in [-0.1, -0.05) is 6.07 Å². The number of urea groups is 1. The minimum Gasteiger partial charge on any atom is -0.378 e. The van der Waals surface area contributed by atoms with Gasteiger partial charge in [-0.25, -0.2) is 4.79 Å². The van der Waals surface area contributed by atoms with Gasteiger partial charge in [-0.3, -0.25) is 25.1 Å². The van der Waals surface area contributed by atoms with E-state index in [2.05, 4.69) is 10.7 Å². The number of hydrogen-bond acceptors (Lipinski definition) is 6. The van der Waals surface area contributed by atoms with E-state index in [0.29, 0.717) is 10.6 Å². The largest absolute Gasteiger partial charge is 0.378 e. The number of nitro groups is 1. The Hall–Kier alpha value is -3.95. The Morgan fingerprint density at radius 1 is 1.17 bits per heavy atom. The van der Waals surface area contributed by atoms with E-state index in [1.807, 2.05) is 25.1 Å². The molecule has 1 saturated heterocycles. The normalized spacial score (nSPS) is 18.4. The van der Waals surface area contributed by atoms with Gasteiger partial charge in [0.1, 0.15) is 5.54 Å². The first-order valence-electron chi connectivity index (χ1n) is 8.63. The Balaban J connectivity index is 1.82. The quantitative estimate of drug-likeness (QED) is 0.450. The van der Waals surface area contributed by atoms with Crippen LogP contribution in [-0.4, -0.2) is 41.9 Å². The fraction of sp³-hybridized carbons (Fsp3) is 0.211. The number of hydrogen-bond donors (Lipinski definition) is 2. The molecule has 2 aromatic rings. The number of carbonyl (C=O) groups is 3. The third kappa shape index (κ3) is 3.59. The van der Waals surface area contributed by atoms with Crippen LogP contribution in [0.15, 0.2) is 48.5 Å². The van der Waals surface area contributed by atoms with E-state index in [9.17, 15) is 24.5 Å². The van der Waals surface area contributed by atoms with Gasteiger partial charge in [0.25, 0.3) is 17.5 Å². The van der Waals surface area contributed by atoms with Crippen molar-refractivity contribution in [3.63, 3.8) is 0 Å². The summed E-state index contributed by atoms with van der Waals surface area (Å²) in [7, 11) is 3.65. The summed E-state index contributed by atoms with van der Waals surface area (Å²) in [5.74, 6) is -1.32. The molecule has 1 heterocycles. The average Bonchev–Trinajstić information content (AvgIpc) is 2.92. The molecule has 0 aliphatic carbocycles. The SMILES string of the molecule is CN(C)c1cccc(C(=O)NN2C(=O)N[C@@](C)(c3ccc([N+](=O)[O-])cc3)C2=O)c1. The number of hydrazine groups is 1. The molecule has 2 N–H and O–H groups in total. The van der Waals surface area contributed by atoms with Gasteiger partial charge in [0.15, 0.2) is 0 Å². The third-order valence-electron chi connectivity index (χ3n) is 4.68. The maximum atomic E-state index is 12.9. The van der Waals surface area contributed by atoms with Crippen molar-refractivity contribution in [2.24, 2.45) is 0 Å². The standard InChI is InChI=1S/C19H19N5O5/c1-19(13-7-9-14(10-8-13)24(28)29)17(26)23(18(27)20-19)21-16(25)12-5-4-6-15(11-12)22(2)3/h4-11H,1-3H3,(H,20,27)(H,21,25)/t19-/m0/s1. The minimum absolute atomic E-state index is 0.139. The van der Waals surface area contributed by atoms with Gasteiger partial charge in [0.05, 0.1) is 4.92 Å². The first-order valence-corrected chi connectivity index (χ1v) is 8.63. The van der Waals surface area contributed by atoms with E-state index in [1.165, 1.54) is 31.2 Å². The molecule has 0 unspecified atom stereocenters. The molecule has 1 aliphatic rings. The highest BCUT2D eigenvalue weighted by Gasteiger charge is 2.50. The second kappa shape index (κ2) is 7.23. The third-order valence-corrected chi connectivity index (χ3v) is 4.68. The van der Waals surface area contributed by atoms with Crippen molar-refractivity contribution in [1.29, 1.82) is 0 Å². The van der Waals surface area contributed by atoms with Crippen LogP contribution >= 0.6 is 0 Å². The molecule has 0 aromatic heterocycles. The molecular weight excluding hydrogens is 378 g/mol. The Morgan fingerprint density at radius 2 is 1.83 bits per heavy atom. The van der Waals surface area contributed by atoms with Crippen molar-refractivity contribution in [3.05, 3.63) is 69.8 Å². The number of imide groups is 1. The zero-order valence-electron chi connectivity index (χ0n) is 16.0. The highest BCUT2D eigenvalue weighted by Crippen LogP contribution is 2.29. The van der Waals surface area contributed by atoms with Crippen LogP contribution in [0.2, 0.25) is 0 Å². The van der Waals surface area contributed by atoms with Crippen LogP contribution in [0.25, 0.3) is 0 Å². The summed E-state index contributed by atoms with van der Waals surface area (Å²) in [6.45, 7) is 1.47. The van der Waals surface area contributed by atoms with Crippen molar-refractivity contribution >= 4 is 29.2 Å². The molecule has 10 heteroatoms. The number of nitrogens with one attached hydrogen (secondary N) is 2. The summed E-state index contributed by atoms with van der Waals surface area (Å²) < 4.78 is 0. The first kappa shape index (κ1) is 19.8. The average molecular weight is 397 g/mol. The number of rotatable bonds is 5. The smallest absolute Gasteiger partial charge is 0.344 e. The van der Waals surface area contributed by atoms with Crippen molar-refractivity contribution < 1.29 is 19.3 Å². The summed E-state index contributed by atoms with van der Waals surface area (Å²) in [4.78, 5) is 49.9. The number of nitrogens with zero attached hydrogens (tertiary/aromatic N) is 3. The molecule has 10 nitrogen and oxygen atoms in total. The topological polar surface area (TPSA) is 125 Å². The van der Waals surface area contributed by atoms with Crippen molar-refractivity contribution in [1.82, 2.24) is 15.8 Å². The Labute approximate surface area is 166 Å². The fourth-order valence-electron chi connectivity index (χ4n) is 2.94. The number of carbonyl (C=O) groups excluding carboxylic acids is 3. The first-order chi connectivity index (χ1) is 13.6. The van der Waals surface area contributed by atoms with Crippen LogP contribution in [0, 0.1) is 10.1 Å². The van der Waals surface area contributed by atoms with Gasteiger partial charge in [0.2, 0.25) is 0 Å². The second-order valence-corrected chi connectivity index (χ2v) is 6.89. The zero-order valence-corrected chi connectivity index (χ0v) is 16.0. The Bertz CT molecular complexity index is 1000. The van der Waals surface area contributed by atoms with Gasteiger partial charge in [0, 0.05) is 37.5 Å². The highest BCUT2D eigenvalue weighted by atomic mass is 16.6. The summed E-state index contributed by atoms with van der Waals surface area (Å²) in [5, 5.41) is 14.0. The van der Waals surface area contributed by atoms with Gasteiger partial charge < -0.3 is 10.2 Å². The molecule has 0 radical (unpaired) electrons. The lowest BCUT2D eigenvalue weighted by atomic mass is 9.92. The van der Waals surface area contributed by atoms with E-state index < -0.39 is 28.3 Å². The lowest BCUT2D eigenvalue weighted by Gasteiger charge is -2.22. The summed E-state index contributed by atoms with van der Waals surface area (Å²) in [5.41, 5.74) is 2.13. The van der Waals surface area contributed by atoms with E-state index >= 15 is 0 Å². The van der Waals surface area contributed by atoms with Gasteiger partial charge in [-0.15, -0.1) is 0 Å². The lowest BCUT2D eigenvalue weighted by Crippen LogP contribution is -2.47. The van der Waals surface area contributed by atoms with Crippen molar-refractivity contribution in [2.45, 2.75) is 12.5 Å². The number of amides is 4. The molecule has 4 amide bonds. The van der Waals surface area contributed by atoms with Crippen LogP contribution in [-0.2, 0) is 10.3 Å². The molecule has 29 heavy (non-hydrogen) atoms. The summed E-state index contributed by atoms with van der Waals surface area (Å²) >= 11 is 0. The summed E-state index contributed by atoms with van der Waals surface area (Å²) in [6.07, 6.45) is 0. The molecular formula is C19H19N5O5. The molecule has 0 saturated carbocycles. The minimum atomic E-state index is -1.47. The van der Waals surface area contributed by atoms with Crippen LogP contribution < -0.4 is 15.6 Å². The van der Waals surface area contributed by atoms with Crippen LogP contribution in [0.3, 0.4) is 0 Å². The van der Waals surface area contributed by atoms with E-state index in [-0.39, 0.29) is 11.3 Å². The molecule has 150 valence electrons. The number of nitro benzene ring substituents is 1. The van der Waals surface area contributed by atoms with E-state index in [0.717, 1.165) is 5.69 Å².